The van der Waals surface area contributed by atoms with Gasteiger partial charge in [0.25, 0.3) is 0 Å². The Kier molecular flexibility index (Phi) is 4.04. The number of rotatable bonds is 2. The number of hydrogen-bond donors (Lipinski definition) is 0. The summed E-state index contributed by atoms with van der Waals surface area (Å²) in [5.74, 6) is 0.225. The first-order valence-corrected chi connectivity index (χ1v) is 8.25. The molecule has 1 aromatic carbocycles. The van der Waals surface area contributed by atoms with Crippen LogP contribution in [0.15, 0.2) is 24.3 Å². The molecule has 2 saturated heterocycles. The second-order valence-electron chi connectivity index (χ2n) is 5.91. The lowest BCUT2D eigenvalue weighted by atomic mass is 9.76. The van der Waals surface area contributed by atoms with Crippen molar-refractivity contribution in [1.82, 2.24) is 4.90 Å². The van der Waals surface area contributed by atoms with E-state index in [4.69, 9.17) is 4.74 Å². The van der Waals surface area contributed by atoms with Gasteiger partial charge in [0.15, 0.2) is 0 Å². The van der Waals surface area contributed by atoms with Crippen molar-refractivity contribution in [3.63, 3.8) is 0 Å². The van der Waals surface area contributed by atoms with Crippen LogP contribution in [-0.2, 0) is 9.53 Å². The van der Waals surface area contributed by atoms with Crippen molar-refractivity contribution in [2.45, 2.75) is 37.3 Å². The van der Waals surface area contributed by atoms with Crippen LogP contribution in [0.4, 0.5) is 0 Å². The van der Waals surface area contributed by atoms with Crippen molar-refractivity contribution in [3.8, 4) is 0 Å². The summed E-state index contributed by atoms with van der Waals surface area (Å²) in [5, 5.41) is 0. The number of halogens is 1. The zero-order chi connectivity index (χ0) is 14.3. The normalized spacial score (nSPS) is 33.1. The fourth-order valence-corrected chi connectivity index (χ4v) is 4.34. The molecule has 0 aliphatic carbocycles. The second-order valence-corrected chi connectivity index (χ2v) is 7.15. The van der Waals surface area contributed by atoms with Crippen molar-refractivity contribution in [3.05, 3.63) is 33.4 Å². The molecule has 2 aliphatic heterocycles. The highest BCUT2D eigenvalue weighted by Crippen LogP contribution is 2.46. The Morgan fingerprint density at radius 3 is 2.65 bits per heavy atom. The van der Waals surface area contributed by atoms with E-state index in [1.807, 2.05) is 0 Å². The first kappa shape index (κ1) is 14.3. The lowest BCUT2D eigenvalue weighted by Crippen LogP contribution is -2.49. The molecule has 0 aromatic heterocycles. The van der Waals surface area contributed by atoms with E-state index >= 15 is 0 Å². The van der Waals surface area contributed by atoms with E-state index in [1.54, 1.807) is 0 Å². The van der Waals surface area contributed by atoms with Gasteiger partial charge in [0.1, 0.15) is 0 Å². The molecule has 0 unspecified atom stereocenters. The maximum absolute atomic E-state index is 12.3. The third kappa shape index (κ3) is 2.37. The van der Waals surface area contributed by atoms with E-state index in [9.17, 15) is 4.79 Å². The Balaban J connectivity index is 1.95. The SMILES string of the molecule is COC(=O)[C@H]1[C@@H](c2ccc([123I])cc2)C[C@@H]2CC[C@H]1N2C. The molecule has 2 aliphatic rings. The van der Waals surface area contributed by atoms with Gasteiger partial charge in [0, 0.05) is 21.6 Å². The minimum absolute atomic E-state index is 0.0242. The Bertz CT molecular complexity index is 502. The van der Waals surface area contributed by atoms with Crippen LogP contribution in [0.5, 0.6) is 0 Å². The maximum Gasteiger partial charge on any atom is 0.310 e. The highest BCUT2D eigenvalue weighted by atomic mass is 123. The van der Waals surface area contributed by atoms with Gasteiger partial charge in [0.2, 0.25) is 0 Å². The number of methoxy groups -OCH3 is 1. The van der Waals surface area contributed by atoms with Gasteiger partial charge < -0.3 is 4.74 Å². The summed E-state index contributed by atoms with van der Waals surface area (Å²) < 4.78 is 6.33. The van der Waals surface area contributed by atoms with Gasteiger partial charge in [-0.15, -0.1) is 0 Å². The smallest absolute Gasteiger partial charge is 0.310 e. The standard InChI is InChI=1S/C16H20INO2/c1-18-12-7-8-14(18)15(16(19)20-2)13(9-12)10-3-5-11(17)6-4-10/h3-6,12-15H,7-9H2,1-2H3/t12-,13+,14+,15-/m0/s1/i17-4. The van der Waals surface area contributed by atoms with Crippen LogP contribution in [0.25, 0.3) is 0 Å². The van der Waals surface area contributed by atoms with Crippen molar-refractivity contribution < 1.29 is 9.53 Å². The summed E-state index contributed by atoms with van der Waals surface area (Å²) in [7, 11) is 3.66. The van der Waals surface area contributed by atoms with E-state index < -0.39 is 0 Å². The number of hydrogen-bond acceptors (Lipinski definition) is 3. The van der Waals surface area contributed by atoms with E-state index in [1.165, 1.54) is 22.7 Å². The topological polar surface area (TPSA) is 29.5 Å². The Labute approximate surface area is 133 Å². The van der Waals surface area contributed by atoms with Crippen LogP contribution in [0.2, 0.25) is 0 Å². The van der Waals surface area contributed by atoms with Crippen molar-refractivity contribution in [2.75, 3.05) is 14.2 Å². The monoisotopic (exact) mass is 381 g/mol. The molecule has 2 bridgehead atoms. The van der Waals surface area contributed by atoms with Crippen LogP contribution >= 0.6 is 22.6 Å². The van der Waals surface area contributed by atoms with E-state index in [-0.39, 0.29) is 11.9 Å². The lowest BCUT2D eigenvalue weighted by molar-refractivity contribution is -0.150. The van der Waals surface area contributed by atoms with Gasteiger partial charge >= 0.3 is 5.97 Å². The molecule has 20 heavy (non-hydrogen) atoms. The molecule has 4 heteroatoms. The number of nitrogens with zero attached hydrogens (tertiary/aromatic N) is 1. The molecule has 0 N–H and O–H groups in total. The first-order chi connectivity index (χ1) is 9.61. The minimum atomic E-state index is -0.0502. The molecule has 108 valence electrons. The third-order valence-electron chi connectivity index (χ3n) is 5.04. The first-order valence-electron chi connectivity index (χ1n) is 7.17. The average Bonchev–Trinajstić information content (AvgIpc) is 2.70. The van der Waals surface area contributed by atoms with Gasteiger partial charge in [-0.1, -0.05) is 12.1 Å². The van der Waals surface area contributed by atoms with E-state index in [0.29, 0.717) is 18.0 Å². The number of benzene rings is 1. The predicted octanol–water partition coefficient (Wildman–Crippen LogP) is 3.03. The fourth-order valence-electron chi connectivity index (χ4n) is 3.98. The van der Waals surface area contributed by atoms with Crippen LogP contribution < -0.4 is 0 Å². The Morgan fingerprint density at radius 2 is 2.00 bits per heavy atom. The van der Waals surface area contributed by atoms with Crippen LogP contribution in [0, 0.1) is 9.49 Å². The Hall–Kier alpha value is -0.620. The summed E-state index contributed by atoms with van der Waals surface area (Å²) in [6, 6.07) is 9.56. The van der Waals surface area contributed by atoms with Gasteiger partial charge in [-0.25, -0.2) is 0 Å². The molecule has 2 heterocycles. The molecule has 4 atom stereocenters. The Morgan fingerprint density at radius 1 is 1.30 bits per heavy atom. The fraction of sp³-hybridized carbons (Fsp3) is 0.562. The van der Waals surface area contributed by atoms with Crippen LogP contribution in [0.1, 0.15) is 30.7 Å². The molecule has 0 radical (unpaired) electrons. The van der Waals surface area contributed by atoms with E-state index in [0.717, 1.165) is 12.8 Å². The predicted molar refractivity (Wildman–Crippen MR) is 86.6 cm³/mol. The quantitative estimate of drug-likeness (QED) is 0.583. The number of carbonyl (C=O) groups excluding carboxylic acids is 1. The minimum Gasteiger partial charge on any atom is -0.469 e. The highest BCUT2D eigenvalue weighted by molar-refractivity contribution is 14.1. The summed E-state index contributed by atoms with van der Waals surface area (Å²) >= 11 is 2.32. The summed E-state index contributed by atoms with van der Waals surface area (Å²) in [5.41, 5.74) is 1.28. The lowest BCUT2D eigenvalue weighted by Gasteiger charge is -2.41. The zero-order valence-corrected chi connectivity index (χ0v) is 14.0. The third-order valence-corrected chi connectivity index (χ3v) is 5.76. The van der Waals surface area contributed by atoms with Gasteiger partial charge in [-0.3, -0.25) is 9.69 Å². The highest BCUT2D eigenvalue weighted by Gasteiger charge is 2.49. The van der Waals surface area contributed by atoms with Gasteiger partial charge in [-0.2, -0.15) is 0 Å². The molecule has 3 rings (SSSR count). The molecular weight excluding hydrogens is 361 g/mol. The van der Waals surface area contributed by atoms with Gasteiger partial charge in [-0.05, 0) is 66.6 Å². The van der Waals surface area contributed by atoms with Crippen molar-refractivity contribution in [1.29, 1.82) is 0 Å². The van der Waals surface area contributed by atoms with E-state index in [2.05, 4.69) is 58.8 Å². The number of esters is 1. The van der Waals surface area contributed by atoms with Crippen molar-refractivity contribution in [2.24, 2.45) is 5.92 Å². The largest absolute Gasteiger partial charge is 0.469 e. The van der Waals surface area contributed by atoms with Gasteiger partial charge in [0.05, 0.1) is 13.0 Å². The molecule has 3 nitrogen and oxygen atoms in total. The zero-order valence-electron chi connectivity index (χ0n) is 11.9. The molecule has 0 amide bonds. The summed E-state index contributed by atoms with van der Waals surface area (Å²) in [4.78, 5) is 14.7. The number of ether oxygens (including phenoxy) is 1. The summed E-state index contributed by atoms with van der Waals surface area (Å²) in [6.07, 6.45) is 3.38. The molecule has 0 saturated carbocycles. The molecular formula is C16H20INO2. The maximum atomic E-state index is 12.3. The summed E-state index contributed by atoms with van der Waals surface area (Å²) in [6.45, 7) is 0. The number of fused-ring (bicyclic) bond motifs is 2. The van der Waals surface area contributed by atoms with Crippen molar-refractivity contribution >= 4 is 28.6 Å². The molecule has 0 spiro atoms. The number of carbonyl (C=O) groups is 1. The average molecular weight is 381 g/mol. The number of piperidine rings is 1. The molecule has 1 aromatic rings. The van der Waals surface area contributed by atoms with Crippen LogP contribution in [-0.4, -0.2) is 37.1 Å². The second kappa shape index (κ2) is 5.64. The molecule has 2 fully saturated rings. The van der Waals surface area contributed by atoms with Crippen LogP contribution in [0.3, 0.4) is 0 Å².